The smallest absolute Gasteiger partial charge is 0.124 e. The van der Waals surface area contributed by atoms with E-state index in [-0.39, 0.29) is 5.41 Å². The predicted octanol–water partition coefficient (Wildman–Crippen LogP) is 4.32. The third-order valence-corrected chi connectivity index (χ3v) is 7.02. The molecule has 4 rings (SSSR count). The van der Waals surface area contributed by atoms with Crippen LogP contribution >= 0.6 is 0 Å². The fraction of sp³-hybridized carbons (Fsp3) is 0.500. The van der Waals surface area contributed by atoms with E-state index >= 15 is 0 Å². The number of aliphatic hydroxyl groups is 2. The molecule has 2 aliphatic rings. The molecule has 4 nitrogen and oxygen atoms in total. The van der Waals surface area contributed by atoms with Gasteiger partial charge < -0.3 is 15.1 Å². The number of allylic oxidation sites excluding steroid dienone is 1. The lowest BCUT2D eigenvalue weighted by Gasteiger charge is -2.56. The SMILES string of the molecule is CC(C)c1ccc([C@](O)(c2cncc(C3=CC(C)(O)CC3)c2)C2(C)CN(C)C2)cc1. The number of pyridine rings is 1. The largest absolute Gasteiger partial charge is 0.386 e. The third-order valence-electron chi connectivity index (χ3n) is 7.02. The van der Waals surface area contributed by atoms with Crippen LogP contribution in [0.4, 0.5) is 0 Å². The first-order valence-corrected chi connectivity index (χ1v) is 11.0. The first-order chi connectivity index (χ1) is 14.0. The van der Waals surface area contributed by atoms with E-state index in [9.17, 15) is 10.2 Å². The average molecular weight is 407 g/mol. The predicted molar refractivity (Wildman–Crippen MR) is 121 cm³/mol. The van der Waals surface area contributed by atoms with E-state index in [4.69, 9.17) is 0 Å². The van der Waals surface area contributed by atoms with Crippen molar-refractivity contribution in [2.75, 3.05) is 20.1 Å². The van der Waals surface area contributed by atoms with Crippen molar-refractivity contribution in [2.45, 2.75) is 57.7 Å². The van der Waals surface area contributed by atoms with Gasteiger partial charge in [0, 0.05) is 36.5 Å². The van der Waals surface area contributed by atoms with Crippen LogP contribution in [0.5, 0.6) is 0 Å². The number of likely N-dealkylation sites (tertiary alicyclic amines) is 1. The second kappa shape index (κ2) is 7.30. The minimum Gasteiger partial charge on any atom is -0.386 e. The van der Waals surface area contributed by atoms with Gasteiger partial charge in [0.15, 0.2) is 0 Å². The third kappa shape index (κ3) is 3.51. The van der Waals surface area contributed by atoms with Gasteiger partial charge in [-0.05, 0) is 67.1 Å². The zero-order valence-corrected chi connectivity index (χ0v) is 18.8. The van der Waals surface area contributed by atoms with Crippen LogP contribution in [-0.4, -0.2) is 45.8 Å². The maximum absolute atomic E-state index is 12.3. The van der Waals surface area contributed by atoms with E-state index < -0.39 is 11.2 Å². The molecule has 2 heterocycles. The fourth-order valence-corrected chi connectivity index (χ4v) is 5.30. The molecule has 1 saturated heterocycles. The van der Waals surface area contributed by atoms with Crippen molar-refractivity contribution in [1.82, 2.24) is 9.88 Å². The molecule has 1 aliphatic carbocycles. The fourth-order valence-electron chi connectivity index (χ4n) is 5.30. The highest BCUT2D eigenvalue weighted by molar-refractivity contribution is 5.69. The zero-order chi connectivity index (χ0) is 21.7. The number of aromatic nitrogens is 1. The lowest BCUT2D eigenvalue weighted by atomic mass is 9.62. The summed E-state index contributed by atoms with van der Waals surface area (Å²) in [6.07, 6.45) is 7.12. The van der Waals surface area contributed by atoms with Crippen molar-refractivity contribution in [2.24, 2.45) is 5.41 Å². The molecule has 1 unspecified atom stereocenters. The van der Waals surface area contributed by atoms with E-state index in [0.717, 1.165) is 48.2 Å². The number of hydrogen-bond donors (Lipinski definition) is 2. The van der Waals surface area contributed by atoms with Crippen molar-refractivity contribution >= 4 is 5.57 Å². The topological polar surface area (TPSA) is 56.6 Å². The quantitative estimate of drug-likeness (QED) is 0.776. The highest BCUT2D eigenvalue weighted by atomic mass is 16.3. The van der Waals surface area contributed by atoms with Gasteiger partial charge in [0.25, 0.3) is 0 Å². The molecule has 2 atom stereocenters. The summed E-state index contributed by atoms with van der Waals surface area (Å²) in [5, 5.41) is 22.7. The van der Waals surface area contributed by atoms with Crippen LogP contribution in [0.25, 0.3) is 5.57 Å². The van der Waals surface area contributed by atoms with Gasteiger partial charge in [-0.15, -0.1) is 0 Å². The minimum absolute atomic E-state index is 0.309. The van der Waals surface area contributed by atoms with Crippen molar-refractivity contribution in [1.29, 1.82) is 0 Å². The maximum Gasteiger partial charge on any atom is 0.124 e. The monoisotopic (exact) mass is 406 g/mol. The van der Waals surface area contributed by atoms with Crippen molar-refractivity contribution in [3.63, 3.8) is 0 Å². The van der Waals surface area contributed by atoms with Gasteiger partial charge in [0.1, 0.15) is 5.60 Å². The highest BCUT2D eigenvalue weighted by Crippen LogP contribution is 2.50. The normalized spacial score (nSPS) is 25.7. The lowest BCUT2D eigenvalue weighted by Crippen LogP contribution is -2.63. The molecular weight excluding hydrogens is 372 g/mol. The molecule has 0 spiro atoms. The molecular formula is C26H34N2O2. The summed E-state index contributed by atoms with van der Waals surface area (Å²) in [5.41, 5.74) is 2.87. The van der Waals surface area contributed by atoms with Crippen LogP contribution in [0.2, 0.25) is 0 Å². The Morgan fingerprint density at radius 3 is 2.27 bits per heavy atom. The van der Waals surface area contributed by atoms with Gasteiger partial charge in [-0.2, -0.15) is 0 Å². The molecule has 0 radical (unpaired) electrons. The molecule has 1 fully saturated rings. The molecule has 1 aromatic heterocycles. The van der Waals surface area contributed by atoms with Gasteiger partial charge in [0.05, 0.1) is 5.60 Å². The van der Waals surface area contributed by atoms with Gasteiger partial charge in [0.2, 0.25) is 0 Å². The van der Waals surface area contributed by atoms with Gasteiger partial charge in [-0.25, -0.2) is 0 Å². The molecule has 4 heteroatoms. The summed E-state index contributed by atoms with van der Waals surface area (Å²) < 4.78 is 0. The van der Waals surface area contributed by atoms with Gasteiger partial charge in [-0.1, -0.05) is 45.0 Å². The maximum atomic E-state index is 12.3. The van der Waals surface area contributed by atoms with E-state index in [1.807, 2.05) is 19.2 Å². The summed E-state index contributed by atoms with van der Waals surface area (Å²) in [6.45, 7) is 10.0. The Bertz CT molecular complexity index is 955. The Kier molecular flexibility index (Phi) is 5.16. The summed E-state index contributed by atoms with van der Waals surface area (Å²) in [4.78, 5) is 6.75. The van der Waals surface area contributed by atoms with Gasteiger partial charge in [-0.3, -0.25) is 4.98 Å². The van der Waals surface area contributed by atoms with E-state index in [2.05, 4.69) is 68.0 Å². The molecule has 0 saturated carbocycles. The highest BCUT2D eigenvalue weighted by Gasteiger charge is 2.55. The number of rotatable bonds is 5. The van der Waals surface area contributed by atoms with Gasteiger partial charge >= 0.3 is 0 Å². The zero-order valence-electron chi connectivity index (χ0n) is 18.8. The minimum atomic E-state index is -1.14. The Balaban J connectivity index is 1.81. The average Bonchev–Trinajstić information content (AvgIpc) is 3.06. The Morgan fingerprint density at radius 1 is 1.07 bits per heavy atom. The summed E-state index contributed by atoms with van der Waals surface area (Å²) in [5.74, 6) is 0.449. The first-order valence-electron chi connectivity index (χ1n) is 11.0. The lowest BCUT2D eigenvalue weighted by molar-refractivity contribution is -0.127. The standard InChI is InChI=1S/C26H34N2O2/c1-18(2)19-6-8-22(9-7-19)26(30,24(3)16-28(5)17-24)23-12-21(14-27-15-23)20-10-11-25(4,29)13-20/h6-9,12-15,18,29-30H,10-11,16-17H2,1-5H3/t25?,26-/m0/s1. The van der Waals surface area contributed by atoms with E-state index in [0.29, 0.717) is 5.92 Å². The second-order valence-corrected chi connectivity index (χ2v) is 10.2. The molecule has 160 valence electrons. The van der Waals surface area contributed by atoms with Crippen LogP contribution in [-0.2, 0) is 5.60 Å². The van der Waals surface area contributed by atoms with E-state index in [1.165, 1.54) is 5.56 Å². The summed E-state index contributed by atoms with van der Waals surface area (Å²) >= 11 is 0. The molecule has 2 N–H and O–H groups in total. The van der Waals surface area contributed by atoms with E-state index in [1.54, 1.807) is 6.20 Å². The van der Waals surface area contributed by atoms with Crippen LogP contribution in [0.1, 0.15) is 68.7 Å². The molecule has 0 bridgehead atoms. The van der Waals surface area contributed by atoms with Crippen molar-refractivity contribution in [3.8, 4) is 0 Å². The molecule has 0 amide bonds. The van der Waals surface area contributed by atoms with Crippen molar-refractivity contribution < 1.29 is 10.2 Å². The molecule has 2 aromatic rings. The second-order valence-electron chi connectivity index (χ2n) is 10.2. The Hall–Kier alpha value is -2.01. The molecule has 30 heavy (non-hydrogen) atoms. The Labute approximate surface area is 180 Å². The number of benzene rings is 1. The number of nitrogens with zero attached hydrogens (tertiary/aromatic N) is 2. The summed E-state index contributed by atoms with van der Waals surface area (Å²) in [6, 6.07) is 10.5. The first kappa shape index (κ1) is 21.2. The molecule has 1 aliphatic heterocycles. The summed E-state index contributed by atoms with van der Waals surface area (Å²) in [7, 11) is 2.09. The van der Waals surface area contributed by atoms with Crippen LogP contribution in [0.3, 0.4) is 0 Å². The number of hydrogen-bond acceptors (Lipinski definition) is 4. The molecule has 1 aromatic carbocycles. The Morgan fingerprint density at radius 2 is 1.73 bits per heavy atom. The van der Waals surface area contributed by atoms with Crippen LogP contribution < -0.4 is 0 Å². The van der Waals surface area contributed by atoms with Crippen LogP contribution in [0, 0.1) is 5.41 Å². The van der Waals surface area contributed by atoms with Crippen molar-refractivity contribution in [3.05, 3.63) is 71.1 Å². The van der Waals surface area contributed by atoms with Crippen LogP contribution in [0.15, 0.2) is 48.8 Å².